The van der Waals surface area contributed by atoms with Crippen LogP contribution in [0.4, 0.5) is 0 Å². The van der Waals surface area contributed by atoms with Crippen molar-refractivity contribution in [2.75, 3.05) is 0 Å². The summed E-state index contributed by atoms with van der Waals surface area (Å²) in [5.74, 6) is 0.694. The molecule has 0 unspecified atom stereocenters. The lowest BCUT2D eigenvalue weighted by molar-refractivity contribution is -0.126. The third-order valence-corrected chi connectivity index (χ3v) is 6.31. The smallest absolute Gasteiger partial charge is 0.345 e. The summed E-state index contributed by atoms with van der Waals surface area (Å²) in [5.41, 5.74) is 2.61. The number of aromatic nitrogens is 3. The highest BCUT2D eigenvalue weighted by Crippen LogP contribution is 2.30. The monoisotopic (exact) mass is 346 g/mol. The summed E-state index contributed by atoms with van der Waals surface area (Å²) in [6.07, 6.45) is 6.29. The summed E-state index contributed by atoms with van der Waals surface area (Å²) in [6, 6.07) is 0. The maximum atomic E-state index is 12.5. The molecular weight excluding hydrogens is 324 g/mol. The van der Waals surface area contributed by atoms with Gasteiger partial charge in [0.15, 0.2) is 0 Å². The minimum atomic E-state index is -0.145. The fourth-order valence-corrected chi connectivity index (χ4v) is 4.94. The van der Waals surface area contributed by atoms with Crippen molar-refractivity contribution in [3.05, 3.63) is 37.7 Å². The van der Waals surface area contributed by atoms with Crippen LogP contribution >= 0.6 is 11.3 Å². The largest absolute Gasteiger partial charge is 0.352 e. The number of hydrogen-bond donors (Lipinski definition) is 1. The number of thiophene rings is 1. The number of nitrogens with zero attached hydrogens (tertiary/aromatic N) is 3. The van der Waals surface area contributed by atoms with Gasteiger partial charge in [0.1, 0.15) is 5.82 Å². The van der Waals surface area contributed by atoms with Gasteiger partial charge in [0.25, 0.3) is 0 Å². The van der Waals surface area contributed by atoms with Gasteiger partial charge in [-0.15, -0.1) is 11.3 Å². The lowest BCUT2D eigenvalue weighted by Crippen LogP contribution is -2.38. The van der Waals surface area contributed by atoms with Crippen LogP contribution in [0, 0.1) is 5.92 Å². The lowest BCUT2D eigenvalue weighted by atomic mass is 9.95. The van der Waals surface area contributed by atoms with Crippen molar-refractivity contribution in [2.24, 2.45) is 13.0 Å². The SMILES string of the molecule is Cn1nc2n(c1=O)C[C@H](C(=O)NCc1csc3c1CCCC3)CC2. The molecule has 3 heterocycles. The molecule has 4 rings (SSSR count). The van der Waals surface area contributed by atoms with Crippen molar-refractivity contribution in [1.29, 1.82) is 0 Å². The maximum Gasteiger partial charge on any atom is 0.345 e. The second-order valence-corrected chi connectivity index (χ2v) is 7.72. The molecule has 0 saturated carbocycles. The topological polar surface area (TPSA) is 68.9 Å². The van der Waals surface area contributed by atoms with Gasteiger partial charge in [-0.25, -0.2) is 9.48 Å². The molecule has 128 valence electrons. The predicted molar refractivity (Wildman–Crippen MR) is 92.1 cm³/mol. The van der Waals surface area contributed by atoms with Crippen LogP contribution in [-0.2, 0) is 44.2 Å². The molecule has 0 spiro atoms. The molecule has 1 aliphatic heterocycles. The first kappa shape index (κ1) is 15.6. The van der Waals surface area contributed by atoms with Crippen LogP contribution in [0.1, 0.15) is 41.1 Å². The average Bonchev–Trinajstić information content (AvgIpc) is 3.14. The van der Waals surface area contributed by atoms with E-state index in [-0.39, 0.29) is 17.5 Å². The van der Waals surface area contributed by atoms with E-state index in [0.29, 0.717) is 19.5 Å². The van der Waals surface area contributed by atoms with Crippen molar-refractivity contribution in [3.63, 3.8) is 0 Å². The van der Waals surface area contributed by atoms with Crippen LogP contribution < -0.4 is 11.0 Å². The number of fused-ring (bicyclic) bond motifs is 2. The van der Waals surface area contributed by atoms with E-state index in [2.05, 4.69) is 15.8 Å². The Morgan fingerprint density at radius 1 is 1.38 bits per heavy atom. The molecule has 1 aliphatic carbocycles. The number of carbonyl (C=O) groups is 1. The summed E-state index contributed by atoms with van der Waals surface area (Å²) in [6.45, 7) is 1.05. The highest BCUT2D eigenvalue weighted by Gasteiger charge is 2.27. The fourth-order valence-electron chi connectivity index (χ4n) is 3.79. The van der Waals surface area contributed by atoms with Crippen molar-refractivity contribution in [2.45, 2.75) is 51.6 Å². The Morgan fingerprint density at radius 3 is 3.08 bits per heavy atom. The normalized spacial score (nSPS) is 19.6. The van der Waals surface area contributed by atoms with Crippen LogP contribution in [0.25, 0.3) is 0 Å². The predicted octanol–water partition coefficient (Wildman–Crippen LogP) is 1.40. The van der Waals surface area contributed by atoms with Crippen molar-refractivity contribution < 1.29 is 4.79 Å². The Labute approximate surface area is 144 Å². The minimum Gasteiger partial charge on any atom is -0.352 e. The molecule has 2 aromatic heterocycles. The van der Waals surface area contributed by atoms with Crippen LogP contribution in [-0.4, -0.2) is 20.3 Å². The van der Waals surface area contributed by atoms with E-state index in [1.54, 1.807) is 11.6 Å². The van der Waals surface area contributed by atoms with Crippen LogP contribution in [0.15, 0.2) is 10.2 Å². The van der Waals surface area contributed by atoms with Gasteiger partial charge >= 0.3 is 5.69 Å². The maximum absolute atomic E-state index is 12.5. The van der Waals surface area contributed by atoms with E-state index in [9.17, 15) is 9.59 Å². The van der Waals surface area contributed by atoms with Crippen molar-refractivity contribution in [3.8, 4) is 0 Å². The van der Waals surface area contributed by atoms with Gasteiger partial charge in [-0.2, -0.15) is 5.10 Å². The van der Waals surface area contributed by atoms with E-state index in [1.165, 1.54) is 39.9 Å². The Kier molecular flexibility index (Phi) is 4.04. The molecule has 1 amide bonds. The van der Waals surface area contributed by atoms with Gasteiger partial charge in [-0.05, 0) is 48.6 Å². The Bertz CT molecular complexity index is 832. The Hall–Kier alpha value is -1.89. The molecule has 6 nitrogen and oxygen atoms in total. The molecule has 0 bridgehead atoms. The van der Waals surface area contributed by atoms with E-state index in [4.69, 9.17) is 0 Å². The molecule has 0 saturated heterocycles. The first-order valence-corrected chi connectivity index (χ1v) is 9.50. The summed E-state index contributed by atoms with van der Waals surface area (Å²) < 4.78 is 2.99. The Morgan fingerprint density at radius 2 is 2.21 bits per heavy atom. The number of amides is 1. The number of aryl methyl sites for hydroxylation is 3. The molecule has 0 fully saturated rings. The molecule has 0 aromatic carbocycles. The molecular formula is C17H22N4O2S. The summed E-state index contributed by atoms with van der Waals surface area (Å²) >= 11 is 1.83. The first-order chi connectivity index (χ1) is 11.6. The molecule has 24 heavy (non-hydrogen) atoms. The zero-order chi connectivity index (χ0) is 16.7. The summed E-state index contributed by atoms with van der Waals surface area (Å²) in [5, 5.41) is 9.50. The number of hydrogen-bond acceptors (Lipinski definition) is 4. The van der Waals surface area contributed by atoms with Gasteiger partial charge in [-0.1, -0.05) is 0 Å². The highest BCUT2D eigenvalue weighted by atomic mass is 32.1. The van der Waals surface area contributed by atoms with Crippen LogP contribution in [0.3, 0.4) is 0 Å². The van der Waals surface area contributed by atoms with E-state index >= 15 is 0 Å². The molecule has 1 N–H and O–H groups in total. The minimum absolute atomic E-state index is 0.0483. The fraction of sp³-hybridized carbons (Fsp3) is 0.588. The van der Waals surface area contributed by atoms with Crippen LogP contribution in [0.2, 0.25) is 0 Å². The van der Waals surface area contributed by atoms with E-state index in [0.717, 1.165) is 18.7 Å². The lowest BCUT2D eigenvalue weighted by Gasteiger charge is -2.22. The summed E-state index contributed by atoms with van der Waals surface area (Å²) in [4.78, 5) is 26.1. The highest BCUT2D eigenvalue weighted by molar-refractivity contribution is 7.10. The zero-order valence-corrected chi connectivity index (χ0v) is 14.7. The number of nitrogens with one attached hydrogen (secondary N) is 1. The van der Waals surface area contributed by atoms with Gasteiger partial charge in [0, 0.05) is 31.4 Å². The molecule has 1 atom stereocenters. The second kappa shape index (κ2) is 6.20. The van der Waals surface area contributed by atoms with E-state index < -0.39 is 0 Å². The number of carbonyl (C=O) groups excluding carboxylic acids is 1. The first-order valence-electron chi connectivity index (χ1n) is 8.62. The standard InChI is InChI=1S/C17H22N4O2S/c1-20-17(23)21-9-11(6-7-15(21)19-20)16(22)18-8-12-10-24-14-5-3-2-4-13(12)14/h10-11H,2-9H2,1H3,(H,18,22)/t11-/m1/s1. The second-order valence-electron chi connectivity index (χ2n) is 6.76. The molecule has 0 radical (unpaired) electrons. The summed E-state index contributed by atoms with van der Waals surface area (Å²) in [7, 11) is 1.66. The third-order valence-electron chi connectivity index (χ3n) is 5.18. The van der Waals surface area contributed by atoms with Crippen molar-refractivity contribution >= 4 is 17.2 Å². The Balaban J connectivity index is 1.41. The quantitative estimate of drug-likeness (QED) is 0.913. The molecule has 7 heteroatoms. The van der Waals surface area contributed by atoms with Crippen molar-refractivity contribution in [1.82, 2.24) is 19.7 Å². The zero-order valence-electron chi connectivity index (χ0n) is 13.9. The number of rotatable bonds is 3. The third kappa shape index (κ3) is 2.70. The van der Waals surface area contributed by atoms with Gasteiger partial charge < -0.3 is 5.32 Å². The average molecular weight is 346 g/mol. The van der Waals surface area contributed by atoms with Gasteiger partial charge in [0.2, 0.25) is 5.91 Å². The van der Waals surface area contributed by atoms with Gasteiger partial charge in [0.05, 0.1) is 5.92 Å². The molecule has 2 aliphatic rings. The van der Waals surface area contributed by atoms with E-state index in [1.807, 2.05) is 11.3 Å². The van der Waals surface area contributed by atoms with Gasteiger partial charge in [-0.3, -0.25) is 9.36 Å². The van der Waals surface area contributed by atoms with Crippen LogP contribution in [0.5, 0.6) is 0 Å². The molecule has 2 aromatic rings.